The topological polar surface area (TPSA) is 107 Å². The molecule has 9 heteroatoms. The molecule has 8 nitrogen and oxygen atoms in total. The normalized spacial score (nSPS) is 10.7. The van der Waals surface area contributed by atoms with E-state index >= 15 is 0 Å². The van der Waals surface area contributed by atoms with E-state index in [9.17, 15) is 4.79 Å². The van der Waals surface area contributed by atoms with Crippen molar-refractivity contribution in [2.45, 2.75) is 12.1 Å². The van der Waals surface area contributed by atoms with Crippen LogP contribution in [-0.2, 0) is 4.79 Å². The molecule has 0 radical (unpaired) electrons. The number of carbonyl (C=O) groups is 1. The molecule has 3 heterocycles. The van der Waals surface area contributed by atoms with E-state index in [0.717, 1.165) is 11.8 Å². The molecule has 0 saturated heterocycles. The first-order chi connectivity index (χ1) is 10.2. The van der Waals surface area contributed by atoms with Crippen LogP contribution in [0.2, 0.25) is 0 Å². The second kappa shape index (κ2) is 5.83. The van der Waals surface area contributed by atoms with E-state index < -0.39 is 0 Å². The van der Waals surface area contributed by atoms with Crippen molar-refractivity contribution < 1.29 is 18.2 Å². The Labute approximate surface area is 122 Å². The Morgan fingerprint density at radius 1 is 1.43 bits per heavy atom. The first kappa shape index (κ1) is 13.4. The van der Waals surface area contributed by atoms with Gasteiger partial charge in [-0.25, -0.2) is 0 Å². The van der Waals surface area contributed by atoms with Gasteiger partial charge in [0.1, 0.15) is 0 Å². The molecule has 1 N–H and O–H groups in total. The van der Waals surface area contributed by atoms with E-state index in [-0.39, 0.29) is 22.8 Å². The van der Waals surface area contributed by atoms with Crippen LogP contribution >= 0.6 is 11.8 Å². The number of hydrogen-bond donors (Lipinski definition) is 1. The lowest BCUT2D eigenvalue weighted by molar-refractivity contribution is -0.113. The molecule has 108 valence electrons. The Hall–Kier alpha value is -2.55. The lowest BCUT2D eigenvalue weighted by Crippen LogP contribution is -2.13. The molecule has 0 aliphatic rings. The van der Waals surface area contributed by atoms with Crippen LogP contribution in [0.1, 0.15) is 5.69 Å². The lowest BCUT2D eigenvalue weighted by atomic mass is 10.5. The quantitative estimate of drug-likeness (QED) is 0.716. The average Bonchev–Trinajstić information content (AvgIpc) is 3.17. The smallest absolute Gasteiger partial charge is 0.284 e. The number of anilines is 1. The fourth-order valence-corrected chi connectivity index (χ4v) is 2.05. The van der Waals surface area contributed by atoms with Gasteiger partial charge in [-0.1, -0.05) is 16.9 Å². The van der Waals surface area contributed by atoms with Crippen LogP contribution in [0, 0.1) is 6.92 Å². The maximum Gasteiger partial charge on any atom is 0.284 e. The number of amides is 1. The summed E-state index contributed by atoms with van der Waals surface area (Å²) in [6.07, 6.45) is 1.51. The third-order valence-corrected chi connectivity index (χ3v) is 3.17. The Morgan fingerprint density at radius 2 is 2.33 bits per heavy atom. The van der Waals surface area contributed by atoms with Crippen LogP contribution in [0.15, 0.2) is 43.0 Å². The number of aryl methyl sites for hydroxylation is 1. The molecule has 0 fully saturated rings. The van der Waals surface area contributed by atoms with Crippen molar-refractivity contribution in [1.82, 2.24) is 15.4 Å². The summed E-state index contributed by atoms with van der Waals surface area (Å²) in [5.74, 6) is 0.915. The fourth-order valence-electron chi connectivity index (χ4n) is 1.49. The molecular formula is C12H10N4O4S. The van der Waals surface area contributed by atoms with E-state index in [1.165, 1.54) is 6.26 Å². The highest BCUT2D eigenvalue weighted by molar-refractivity contribution is 7.99. The highest BCUT2D eigenvalue weighted by Gasteiger charge is 2.13. The zero-order chi connectivity index (χ0) is 14.7. The van der Waals surface area contributed by atoms with Crippen molar-refractivity contribution in [2.75, 3.05) is 11.1 Å². The third-order valence-electron chi connectivity index (χ3n) is 2.36. The summed E-state index contributed by atoms with van der Waals surface area (Å²) in [5.41, 5.74) is 0.693. The van der Waals surface area contributed by atoms with Gasteiger partial charge in [0.15, 0.2) is 5.76 Å². The largest absolute Gasteiger partial charge is 0.459 e. The summed E-state index contributed by atoms with van der Waals surface area (Å²) >= 11 is 1.12. The van der Waals surface area contributed by atoms with E-state index in [1.807, 2.05) is 0 Å². The third kappa shape index (κ3) is 3.31. The summed E-state index contributed by atoms with van der Waals surface area (Å²) in [7, 11) is 0. The van der Waals surface area contributed by atoms with Crippen LogP contribution < -0.4 is 5.32 Å². The Balaban J connectivity index is 1.54. The van der Waals surface area contributed by atoms with Crippen molar-refractivity contribution in [2.24, 2.45) is 0 Å². The van der Waals surface area contributed by atoms with E-state index in [0.29, 0.717) is 17.3 Å². The van der Waals surface area contributed by atoms with Gasteiger partial charge in [-0.15, -0.1) is 10.2 Å². The molecule has 0 unspecified atom stereocenters. The van der Waals surface area contributed by atoms with Crippen LogP contribution in [0.3, 0.4) is 0 Å². The van der Waals surface area contributed by atoms with Gasteiger partial charge in [0.2, 0.25) is 11.8 Å². The minimum Gasteiger partial charge on any atom is -0.459 e. The molecular weight excluding hydrogens is 296 g/mol. The number of thioether (sulfide) groups is 1. The number of furan rings is 1. The lowest BCUT2D eigenvalue weighted by Gasteiger charge is -1.97. The maximum absolute atomic E-state index is 11.7. The number of nitrogens with one attached hydrogen (secondary N) is 1. The van der Waals surface area contributed by atoms with Crippen molar-refractivity contribution in [3.8, 4) is 11.7 Å². The second-order valence-electron chi connectivity index (χ2n) is 4.02. The Morgan fingerprint density at radius 3 is 3.05 bits per heavy atom. The maximum atomic E-state index is 11.7. The van der Waals surface area contributed by atoms with E-state index in [1.54, 1.807) is 25.1 Å². The molecule has 0 spiro atoms. The summed E-state index contributed by atoms with van der Waals surface area (Å²) in [6, 6.07) is 5.06. The summed E-state index contributed by atoms with van der Waals surface area (Å²) in [6.45, 7) is 1.77. The monoisotopic (exact) mass is 306 g/mol. The fraction of sp³-hybridized carbons (Fsp3) is 0.167. The van der Waals surface area contributed by atoms with Gasteiger partial charge in [-0.2, -0.15) is 0 Å². The number of aromatic nitrogens is 3. The van der Waals surface area contributed by atoms with E-state index in [4.69, 9.17) is 13.4 Å². The summed E-state index contributed by atoms with van der Waals surface area (Å²) < 4.78 is 15.4. The number of nitrogens with zero attached hydrogens (tertiary/aromatic N) is 3. The molecule has 0 aliphatic carbocycles. The zero-order valence-electron chi connectivity index (χ0n) is 10.9. The van der Waals surface area contributed by atoms with Gasteiger partial charge in [0.25, 0.3) is 11.1 Å². The molecule has 3 aromatic rings. The molecule has 21 heavy (non-hydrogen) atoms. The average molecular weight is 306 g/mol. The molecule has 3 aromatic heterocycles. The van der Waals surface area contributed by atoms with Crippen molar-refractivity contribution >= 4 is 23.6 Å². The highest BCUT2D eigenvalue weighted by Crippen LogP contribution is 2.23. The Bertz CT molecular complexity index is 734. The Kier molecular flexibility index (Phi) is 3.73. The first-order valence-corrected chi connectivity index (χ1v) is 6.92. The minimum atomic E-state index is -0.256. The number of hydrogen-bond acceptors (Lipinski definition) is 8. The van der Waals surface area contributed by atoms with Crippen LogP contribution in [0.25, 0.3) is 11.7 Å². The van der Waals surface area contributed by atoms with Gasteiger partial charge in [-0.3, -0.25) is 10.1 Å². The van der Waals surface area contributed by atoms with E-state index in [2.05, 4.69) is 20.7 Å². The van der Waals surface area contributed by atoms with Crippen LogP contribution in [0.4, 0.5) is 5.88 Å². The number of rotatable bonds is 5. The predicted octanol–water partition coefficient (Wildman–Crippen LogP) is 2.36. The van der Waals surface area contributed by atoms with Crippen molar-refractivity contribution in [3.05, 3.63) is 30.2 Å². The number of carbonyl (C=O) groups excluding carboxylic acids is 1. The van der Waals surface area contributed by atoms with Crippen LogP contribution in [0.5, 0.6) is 0 Å². The molecule has 0 bridgehead atoms. The second-order valence-corrected chi connectivity index (χ2v) is 4.95. The molecule has 0 atom stereocenters. The molecule has 0 aliphatic heterocycles. The van der Waals surface area contributed by atoms with Crippen molar-refractivity contribution in [3.63, 3.8) is 0 Å². The zero-order valence-corrected chi connectivity index (χ0v) is 11.7. The van der Waals surface area contributed by atoms with Gasteiger partial charge < -0.3 is 13.4 Å². The SMILES string of the molecule is Cc1cc(NC(=O)CSc2nnc(-c3ccco3)o2)on1. The highest BCUT2D eigenvalue weighted by atomic mass is 32.2. The summed E-state index contributed by atoms with van der Waals surface area (Å²) in [4.78, 5) is 11.7. The first-order valence-electron chi connectivity index (χ1n) is 5.94. The van der Waals surface area contributed by atoms with Gasteiger partial charge in [0.05, 0.1) is 17.7 Å². The van der Waals surface area contributed by atoms with Crippen LogP contribution in [-0.4, -0.2) is 27.0 Å². The standard InChI is InChI=1S/C12H10N4O4S/c1-7-5-10(20-16-7)13-9(17)6-21-12-15-14-11(19-12)8-3-2-4-18-8/h2-5H,6H2,1H3,(H,13,17). The van der Waals surface area contributed by atoms with Crippen molar-refractivity contribution in [1.29, 1.82) is 0 Å². The molecule has 3 rings (SSSR count). The predicted molar refractivity (Wildman–Crippen MR) is 72.6 cm³/mol. The van der Waals surface area contributed by atoms with Gasteiger partial charge in [0, 0.05) is 6.07 Å². The van der Waals surface area contributed by atoms with Gasteiger partial charge >= 0.3 is 0 Å². The molecule has 0 aromatic carbocycles. The summed E-state index contributed by atoms with van der Waals surface area (Å²) in [5, 5.41) is 14.2. The minimum absolute atomic E-state index is 0.111. The van der Waals surface area contributed by atoms with Gasteiger partial charge in [-0.05, 0) is 19.1 Å². The molecule has 0 saturated carbocycles. The molecule has 1 amide bonds.